The van der Waals surface area contributed by atoms with Crippen LogP contribution in [0.4, 0.5) is 0 Å². The van der Waals surface area contributed by atoms with Gasteiger partial charge in [0.2, 0.25) is 0 Å². The summed E-state index contributed by atoms with van der Waals surface area (Å²) in [6.45, 7) is 9.84. The van der Waals surface area contributed by atoms with Crippen LogP contribution in [0.5, 0.6) is 0 Å². The lowest BCUT2D eigenvalue weighted by Gasteiger charge is -2.16. The predicted molar refractivity (Wildman–Crippen MR) is 72.3 cm³/mol. The van der Waals surface area contributed by atoms with E-state index in [1.54, 1.807) is 0 Å². The smallest absolute Gasteiger partial charge is 0.0946 e. The summed E-state index contributed by atoms with van der Waals surface area (Å²) in [6, 6.07) is 0.606. The number of hydrogen-bond donors (Lipinski definition) is 1. The fourth-order valence-corrected chi connectivity index (χ4v) is 2.82. The molecule has 0 aliphatic carbocycles. The van der Waals surface area contributed by atoms with Gasteiger partial charge in [-0.25, -0.2) is 4.98 Å². The van der Waals surface area contributed by atoms with Gasteiger partial charge in [0.05, 0.1) is 10.7 Å². The third-order valence-corrected chi connectivity index (χ3v) is 3.91. The first kappa shape index (κ1) is 13.7. The van der Waals surface area contributed by atoms with Crippen LogP contribution in [0.25, 0.3) is 0 Å². The van der Waals surface area contributed by atoms with E-state index in [4.69, 9.17) is 0 Å². The Morgan fingerprint density at radius 3 is 2.50 bits per heavy atom. The van der Waals surface area contributed by atoms with Crippen molar-refractivity contribution < 1.29 is 0 Å². The van der Waals surface area contributed by atoms with E-state index in [0.29, 0.717) is 6.04 Å². The summed E-state index contributed by atoms with van der Waals surface area (Å²) < 4.78 is 0. The van der Waals surface area contributed by atoms with Crippen molar-refractivity contribution in [2.75, 3.05) is 6.54 Å². The molecule has 0 saturated carbocycles. The minimum atomic E-state index is 0.606. The highest BCUT2D eigenvalue weighted by Gasteiger charge is 2.11. The van der Waals surface area contributed by atoms with Crippen LogP contribution in [0, 0.1) is 13.8 Å². The second-order valence-electron chi connectivity index (χ2n) is 4.39. The van der Waals surface area contributed by atoms with Gasteiger partial charge < -0.3 is 5.32 Å². The number of thiazole rings is 1. The lowest BCUT2D eigenvalue weighted by atomic mass is 10.1. The molecule has 1 heterocycles. The van der Waals surface area contributed by atoms with Crippen LogP contribution in [-0.4, -0.2) is 17.6 Å². The molecule has 1 rings (SSSR count). The molecule has 16 heavy (non-hydrogen) atoms. The highest BCUT2D eigenvalue weighted by atomic mass is 32.1. The van der Waals surface area contributed by atoms with E-state index in [1.807, 2.05) is 11.3 Å². The van der Waals surface area contributed by atoms with Crippen LogP contribution in [-0.2, 0) is 6.42 Å². The normalized spacial score (nSPS) is 13.0. The monoisotopic (exact) mass is 240 g/mol. The molecule has 1 N–H and O–H groups in total. The fourth-order valence-electron chi connectivity index (χ4n) is 1.81. The number of nitrogens with zero attached hydrogens (tertiary/aromatic N) is 1. The minimum absolute atomic E-state index is 0.606. The molecule has 0 bridgehead atoms. The molecule has 0 aromatic carbocycles. The highest BCUT2D eigenvalue weighted by Crippen LogP contribution is 2.18. The molecule has 1 aromatic heterocycles. The Kier molecular flexibility index (Phi) is 5.99. The van der Waals surface area contributed by atoms with Crippen molar-refractivity contribution in [2.45, 2.75) is 59.4 Å². The Bertz CT molecular complexity index is 287. The van der Waals surface area contributed by atoms with Gasteiger partial charge in [0.15, 0.2) is 0 Å². The van der Waals surface area contributed by atoms with Crippen molar-refractivity contribution in [3.8, 4) is 0 Å². The summed E-state index contributed by atoms with van der Waals surface area (Å²) in [4.78, 5) is 5.98. The highest BCUT2D eigenvalue weighted by molar-refractivity contribution is 7.11. The maximum atomic E-state index is 4.62. The third-order valence-electron chi connectivity index (χ3n) is 2.81. The number of aromatic nitrogens is 1. The molecule has 0 radical (unpaired) electrons. The second-order valence-corrected chi connectivity index (χ2v) is 5.68. The van der Waals surface area contributed by atoms with Crippen molar-refractivity contribution in [3.63, 3.8) is 0 Å². The Morgan fingerprint density at radius 2 is 2.00 bits per heavy atom. The Labute approximate surface area is 103 Å². The SMILES string of the molecule is CCCNC(CCC)Cc1nc(C)c(C)s1. The third kappa shape index (κ3) is 4.22. The average Bonchev–Trinajstić information content (AvgIpc) is 2.55. The molecule has 0 spiro atoms. The van der Waals surface area contributed by atoms with Gasteiger partial charge >= 0.3 is 0 Å². The van der Waals surface area contributed by atoms with Crippen LogP contribution in [0.1, 0.15) is 48.7 Å². The summed E-state index contributed by atoms with van der Waals surface area (Å²) in [6.07, 6.45) is 4.78. The Balaban J connectivity index is 2.52. The first-order valence-electron chi connectivity index (χ1n) is 6.33. The quantitative estimate of drug-likeness (QED) is 0.789. The topological polar surface area (TPSA) is 24.9 Å². The average molecular weight is 240 g/mol. The van der Waals surface area contributed by atoms with Gasteiger partial charge in [-0.2, -0.15) is 0 Å². The first-order valence-corrected chi connectivity index (χ1v) is 7.15. The summed E-state index contributed by atoms with van der Waals surface area (Å²) in [5.41, 5.74) is 1.20. The van der Waals surface area contributed by atoms with Gasteiger partial charge in [0, 0.05) is 17.3 Å². The fraction of sp³-hybridized carbons (Fsp3) is 0.769. The van der Waals surface area contributed by atoms with Gasteiger partial charge in [-0.1, -0.05) is 20.3 Å². The van der Waals surface area contributed by atoms with Crippen LogP contribution in [0.3, 0.4) is 0 Å². The zero-order chi connectivity index (χ0) is 12.0. The summed E-state index contributed by atoms with van der Waals surface area (Å²) in [5.74, 6) is 0. The number of rotatable bonds is 7. The zero-order valence-corrected chi connectivity index (χ0v) is 11.8. The van der Waals surface area contributed by atoms with Crippen molar-refractivity contribution in [3.05, 3.63) is 15.6 Å². The van der Waals surface area contributed by atoms with Gasteiger partial charge in [0.25, 0.3) is 0 Å². The standard InChI is InChI=1S/C13H24N2S/c1-5-7-12(14-8-6-2)9-13-15-10(3)11(4)16-13/h12,14H,5-9H2,1-4H3. The van der Waals surface area contributed by atoms with Crippen LogP contribution in [0.2, 0.25) is 0 Å². The van der Waals surface area contributed by atoms with Gasteiger partial charge in [-0.15, -0.1) is 11.3 Å². The largest absolute Gasteiger partial charge is 0.314 e. The van der Waals surface area contributed by atoms with Gasteiger partial charge in [-0.05, 0) is 33.2 Å². The van der Waals surface area contributed by atoms with E-state index in [-0.39, 0.29) is 0 Å². The minimum Gasteiger partial charge on any atom is -0.314 e. The maximum absolute atomic E-state index is 4.62. The first-order chi connectivity index (χ1) is 7.67. The maximum Gasteiger partial charge on any atom is 0.0946 e. The summed E-state index contributed by atoms with van der Waals surface area (Å²) >= 11 is 1.85. The van der Waals surface area contributed by atoms with Gasteiger partial charge in [-0.3, -0.25) is 0 Å². The van der Waals surface area contributed by atoms with E-state index in [0.717, 1.165) is 13.0 Å². The summed E-state index contributed by atoms with van der Waals surface area (Å²) in [7, 11) is 0. The van der Waals surface area contributed by atoms with E-state index in [1.165, 1.54) is 34.8 Å². The molecule has 92 valence electrons. The molecule has 1 atom stereocenters. The number of aryl methyl sites for hydroxylation is 2. The van der Waals surface area contributed by atoms with Crippen molar-refractivity contribution >= 4 is 11.3 Å². The molecule has 0 amide bonds. The van der Waals surface area contributed by atoms with E-state index >= 15 is 0 Å². The lowest BCUT2D eigenvalue weighted by molar-refractivity contribution is 0.472. The molecule has 3 heteroatoms. The molecule has 0 aliphatic rings. The number of hydrogen-bond acceptors (Lipinski definition) is 3. The molecule has 0 fully saturated rings. The van der Waals surface area contributed by atoms with Crippen LogP contribution >= 0.6 is 11.3 Å². The van der Waals surface area contributed by atoms with Crippen molar-refractivity contribution in [1.82, 2.24) is 10.3 Å². The van der Waals surface area contributed by atoms with Crippen LogP contribution in [0.15, 0.2) is 0 Å². The van der Waals surface area contributed by atoms with E-state index in [2.05, 4.69) is 38.0 Å². The molecular formula is C13H24N2S. The van der Waals surface area contributed by atoms with Crippen molar-refractivity contribution in [1.29, 1.82) is 0 Å². The molecule has 1 aromatic rings. The molecule has 0 saturated heterocycles. The van der Waals surface area contributed by atoms with Gasteiger partial charge in [0.1, 0.15) is 0 Å². The Morgan fingerprint density at radius 1 is 1.25 bits per heavy atom. The summed E-state index contributed by atoms with van der Waals surface area (Å²) in [5, 5.41) is 4.90. The molecule has 2 nitrogen and oxygen atoms in total. The van der Waals surface area contributed by atoms with Crippen LogP contribution < -0.4 is 5.32 Å². The molecule has 0 aliphatic heterocycles. The van der Waals surface area contributed by atoms with E-state index < -0.39 is 0 Å². The molecular weight excluding hydrogens is 216 g/mol. The Hall–Kier alpha value is -0.410. The second kappa shape index (κ2) is 7.02. The van der Waals surface area contributed by atoms with E-state index in [9.17, 15) is 0 Å². The molecule has 1 unspecified atom stereocenters. The lowest BCUT2D eigenvalue weighted by Crippen LogP contribution is -2.31. The number of nitrogens with one attached hydrogen (secondary N) is 1. The van der Waals surface area contributed by atoms with Crippen molar-refractivity contribution in [2.24, 2.45) is 0 Å². The predicted octanol–water partition coefficient (Wildman–Crippen LogP) is 3.47. The zero-order valence-electron chi connectivity index (χ0n) is 11.0.